The summed E-state index contributed by atoms with van der Waals surface area (Å²) in [5.74, 6) is 1.14. The topological polar surface area (TPSA) is 37.8 Å². The Morgan fingerprint density at radius 1 is 1.38 bits per heavy atom. The van der Waals surface area contributed by atoms with Crippen LogP contribution in [0.4, 0.5) is 0 Å². The Labute approximate surface area is 110 Å². The molecule has 0 saturated carbocycles. The maximum Gasteiger partial charge on any atom is 0.175 e. The first-order chi connectivity index (χ1) is 7.80. The summed E-state index contributed by atoms with van der Waals surface area (Å²) >= 11 is 5.18. The second kappa shape index (κ2) is 8.33. The van der Waals surface area contributed by atoms with Gasteiger partial charge in [-0.25, -0.2) is 0 Å². The van der Waals surface area contributed by atoms with Gasteiger partial charge in [0.2, 0.25) is 0 Å². The van der Waals surface area contributed by atoms with Gasteiger partial charge in [0, 0.05) is 11.8 Å². The quantitative estimate of drug-likeness (QED) is 0.584. The molecular weight excluding hydrogens is 258 g/mol. The number of rotatable bonds is 8. The van der Waals surface area contributed by atoms with E-state index in [2.05, 4.69) is 22.4 Å². The van der Waals surface area contributed by atoms with E-state index in [1.54, 1.807) is 23.1 Å². The first-order valence-corrected chi connectivity index (χ1v) is 8.50. The molecule has 1 atom stereocenters. The normalized spacial score (nSPS) is 12.9. The van der Waals surface area contributed by atoms with E-state index in [4.69, 9.17) is 0 Å². The Balaban J connectivity index is 2.15. The molecule has 1 unspecified atom stereocenters. The number of nitrogens with zero attached hydrogens (tertiary/aromatic N) is 2. The van der Waals surface area contributed by atoms with Crippen molar-refractivity contribution in [2.45, 2.75) is 40.9 Å². The summed E-state index contributed by atoms with van der Waals surface area (Å²) < 4.78 is 2.16. The van der Waals surface area contributed by atoms with E-state index in [1.807, 2.05) is 25.1 Å². The Bertz CT molecular complexity index is 287. The van der Waals surface area contributed by atoms with E-state index in [1.165, 1.54) is 19.3 Å². The van der Waals surface area contributed by atoms with Gasteiger partial charge in [-0.2, -0.15) is 0 Å². The molecule has 1 aromatic heterocycles. The molecule has 1 rings (SSSR count). The lowest BCUT2D eigenvalue weighted by molar-refractivity contribution is 0.504. The lowest BCUT2D eigenvalue weighted by Crippen LogP contribution is -2.23. The van der Waals surface area contributed by atoms with Crippen molar-refractivity contribution in [3.05, 3.63) is 0 Å². The van der Waals surface area contributed by atoms with Crippen LogP contribution >= 0.6 is 34.9 Å². The highest BCUT2D eigenvalue weighted by atomic mass is 32.2. The third-order valence-electron chi connectivity index (χ3n) is 2.39. The summed E-state index contributed by atoms with van der Waals surface area (Å²) in [6.45, 7) is 2.23. The van der Waals surface area contributed by atoms with Gasteiger partial charge in [-0.1, -0.05) is 41.8 Å². The average molecular weight is 277 g/mol. The molecule has 1 aromatic rings. The second-order valence-corrected chi connectivity index (χ2v) is 6.80. The predicted molar refractivity (Wildman–Crippen MR) is 74.8 cm³/mol. The van der Waals surface area contributed by atoms with Crippen LogP contribution in [0.1, 0.15) is 26.2 Å². The fraction of sp³-hybridized carbons (Fsp3) is 0.800. The molecular formula is C10H19N3S3. The van der Waals surface area contributed by atoms with Crippen molar-refractivity contribution in [1.29, 1.82) is 0 Å². The molecule has 0 radical (unpaired) electrons. The molecule has 92 valence electrons. The molecule has 3 nitrogen and oxygen atoms in total. The third kappa shape index (κ3) is 5.03. The lowest BCUT2D eigenvalue weighted by Gasteiger charge is -2.12. The van der Waals surface area contributed by atoms with E-state index in [-0.39, 0.29) is 0 Å². The van der Waals surface area contributed by atoms with Crippen molar-refractivity contribution in [3.8, 4) is 0 Å². The highest BCUT2D eigenvalue weighted by molar-refractivity contribution is 8.02. The van der Waals surface area contributed by atoms with Crippen LogP contribution in [-0.2, 0) is 0 Å². The molecule has 6 heteroatoms. The maximum absolute atomic E-state index is 4.14. The Morgan fingerprint density at radius 3 is 2.69 bits per heavy atom. The van der Waals surface area contributed by atoms with Gasteiger partial charge in [0.25, 0.3) is 0 Å². The van der Waals surface area contributed by atoms with Gasteiger partial charge in [-0.05, 0) is 32.6 Å². The molecule has 0 bridgehead atoms. The van der Waals surface area contributed by atoms with Crippen molar-refractivity contribution in [3.63, 3.8) is 0 Å². The van der Waals surface area contributed by atoms with Gasteiger partial charge in [-0.3, -0.25) is 0 Å². The highest BCUT2D eigenvalue weighted by Gasteiger charge is 2.05. The fourth-order valence-corrected chi connectivity index (χ4v) is 3.85. The summed E-state index contributed by atoms with van der Waals surface area (Å²) in [5, 5.41) is 11.5. The zero-order chi connectivity index (χ0) is 11.8. The largest absolute Gasteiger partial charge is 0.317 e. The van der Waals surface area contributed by atoms with Gasteiger partial charge in [0.05, 0.1) is 0 Å². The van der Waals surface area contributed by atoms with Crippen LogP contribution in [0, 0.1) is 0 Å². The summed E-state index contributed by atoms with van der Waals surface area (Å²) in [4.78, 5) is 0. The van der Waals surface area contributed by atoms with Crippen LogP contribution in [0.3, 0.4) is 0 Å². The molecule has 0 aromatic carbocycles. The first-order valence-electron chi connectivity index (χ1n) is 5.47. The molecule has 0 saturated heterocycles. The zero-order valence-corrected chi connectivity index (χ0v) is 12.5. The molecule has 0 aliphatic rings. The van der Waals surface area contributed by atoms with Crippen molar-refractivity contribution in [2.75, 3.05) is 19.1 Å². The predicted octanol–water partition coefficient (Wildman–Crippen LogP) is 3.13. The van der Waals surface area contributed by atoms with E-state index < -0.39 is 0 Å². The molecule has 0 spiro atoms. The van der Waals surface area contributed by atoms with Crippen LogP contribution < -0.4 is 5.32 Å². The number of hydrogen-bond donors (Lipinski definition) is 1. The highest BCUT2D eigenvalue weighted by Crippen LogP contribution is 2.27. The van der Waals surface area contributed by atoms with E-state index in [0.717, 1.165) is 14.4 Å². The van der Waals surface area contributed by atoms with Gasteiger partial charge in [-0.15, -0.1) is 10.2 Å². The molecule has 16 heavy (non-hydrogen) atoms. The van der Waals surface area contributed by atoms with Crippen LogP contribution in [0.2, 0.25) is 0 Å². The minimum absolute atomic E-state index is 0.664. The maximum atomic E-state index is 4.14. The van der Waals surface area contributed by atoms with Gasteiger partial charge < -0.3 is 5.32 Å². The molecule has 0 aliphatic carbocycles. The lowest BCUT2D eigenvalue weighted by atomic mass is 10.1. The van der Waals surface area contributed by atoms with E-state index >= 15 is 0 Å². The van der Waals surface area contributed by atoms with Crippen LogP contribution in [-0.4, -0.2) is 35.3 Å². The van der Waals surface area contributed by atoms with Crippen molar-refractivity contribution < 1.29 is 0 Å². The Morgan fingerprint density at radius 2 is 2.12 bits per heavy atom. The standard InChI is InChI=1S/C10H19N3S3/c1-4-8(11-2)6-5-7-15-10-13-12-9(14-3)16-10/h8,11H,4-7H2,1-3H3. The summed E-state index contributed by atoms with van der Waals surface area (Å²) in [6, 6.07) is 0.664. The number of nitrogens with one attached hydrogen (secondary N) is 1. The van der Waals surface area contributed by atoms with Crippen LogP contribution in [0.5, 0.6) is 0 Å². The Hall–Kier alpha value is 0.220. The molecule has 0 aliphatic heterocycles. The second-order valence-electron chi connectivity index (χ2n) is 3.42. The summed E-state index contributed by atoms with van der Waals surface area (Å²) in [7, 11) is 2.04. The average Bonchev–Trinajstić information content (AvgIpc) is 2.77. The van der Waals surface area contributed by atoms with Gasteiger partial charge >= 0.3 is 0 Å². The van der Waals surface area contributed by atoms with Crippen molar-refractivity contribution >= 4 is 34.9 Å². The van der Waals surface area contributed by atoms with Crippen LogP contribution in [0.15, 0.2) is 8.68 Å². The number of aromatic nitrogens is 2. The minimum Gasteiger partial charge on any atom is -0.317 e. The molecule has 0 fully saturated rings. The molecule has 1 N–H and O–H groups in total. The van der Waals surface area contributed by atoms with Gasteiger partial charge in [0.1, 0.15) is 0 Å². The Kier molecular flexibility index (Phi) is 7.44. The van der Waals surface area contributed by atoms with Crippen LogP contribution in [0.25, 0.3) is 0 Å². The smallest absolute Gasteiger partial charge is 0.175 e. The number of thioether (sulfide) groups is 2. The SMILES string of the molecule is CCC(CCCSc1nnc(SC)s1)NC. The third-order valence-corrected chi connectivity index (χ3v) is 5.50. The summed E-state index contributed by atoms with van der Waals surface area (Å²) in [5.41, 5.74) is 0. The minimum atomic E-state index is 0.664. The monoisotopic (exact) mass is 277 g/mol. The van der Waals surface area contributed by atoms with Crippen molar-refractivity contribution in [1.82, 2.24) is 15.5 Å². The summed E-state index contributed by atoms with van der Waals surface area (Å²) in [6.07, 6.45) is 5.72. The number of hydrogen-bond acceptors (Lipinski definition) is 6. The molecule has 1 heterocycles. The van der Waals surface area contributed by atoms with Gasteiger partial charge in [0.15, 0.2) is 8.68 Å². The fourth-order valence-electron chi connectivity index (χ4n) is 1.38. The van der Waals surface area contributed by atoms with E-state index in [0.29, 0.717) is 6.04 Å². The van der Waals surface area contributed by atoms with Crippen molar-refractivity contribution in [2.24, 2.45) is 0 Å². The first kappa shape index (κ1) is 14.3. The van der Waals surface area contributed by atoms with E-state index in [9.17, 15) is 0 Å². The molecule has 0 amide bonds. The zero-order valence-electron chi connectivity index (χ0n) is 10.0.